The number of ether oxygens (including phenoxy) is 1. The first-order valence-electron chi connectivity index (χ1n) is 6.45. The van der Waals surface area contributed by atoms with E-state index in [4.69, 9.17) is 4.74 Å². The van der Waals surface area contributed by atoms with Gasteiger partial charge in [-0.3, -0.25) is 9.69 Å². The molecule has 4 nitrogen and oxygen atoms in total. The minimum atomic E-state index is -0.500. The maximum Gasteiger partial charge on any atom is 0.310 e. The minimum absolute atomic E-state index is 0.0827. The summed E-state index contributed by atoms with van der Waals surface area (Å²) in [6.07, 6.45) is 1.31. The second kappa shape index (κ2) is 5.83. The second-order valence-electron chi connectivity index (χ2n) is 5.83. The van der Waals surface area contributed by atoms with Crippen molar-refractivity contribution in [2.75, 3.05) is 19.7 Å². The molecule has 0 amide bonds. The van der Waals surface area contributed by atoms with Crippen LogP contribution in [0.5, 0.6) is 0 Å². The first-order chi connectivity index (χ1) is 7.86. The zero-order valence-electron chi connectivity index (χ0n) is 11.4. The molecule has 0 bridgehead atoms. The van der Waals surface area contributed by atoms with Crippen molar-refractivity contribution in [1.82, 2.24) is 4.90 Å². The number of aliphatic hydroxyl groups is 1. The van der Waals surface area contributed by atoms with Crippen molar-refractivity contribution in [3.63, 3.8) is 0 Å². The maximum absolute atomic E-state index is 11.7. The molecule has 1 N–H and O–H groups in total. The Balaban J connectivity index is 2.57. The predicted octanol–water partition coefficient (Wildman–Crippen LogP) is 1.63. The van der Waals surface area contributed by atoms with Crippen LogP contribution in [0.3, 0.4) is 0 Å². The van der Waals surface area contributed by atoms with Gasteiger partial charge in [-0.25, -0.2) is 0 Å². The van der Waals surface area contributed by atoms with E-state index in [2.05, 4.69) is 0 Å². The Kier molecular flexibility index (Phi) is 4.95. The van der Waals surface area contributed by atoms with Gasteiger partial charge in [0.15, 0.2) is 0 Å². The molecule has 0 aromatic heterocycles. The number of rotatable bonds is 3. The molecule has 1 heterocycles. The Labute approximate surface area is 104 Å². The molecule has 0 aliphatic carbocycles. The average molecular weight is 243 g/mol. The van der Waals surface area contributed by atoms with Crippen molar-refractivity contribution >= 4 is 5.97 Å². The zero-order valence-corrected chi connectivity index (χ0v) is 11.4. The van der Waals surface area contributed by atoms with Gasteiger partial charge < -0.3 is 9.84 Å². The normalized spacial score (nSPS) is 24.4. The summed E-state index contributed by atoms with van der Waals surface area (Å²) in [5.74, 6) is -0.209. The highest BCUT2D eigenvalue weighted by Crippen LogP contribution is 2.27. The van der Waals surface area contributed by atoms with Crippen LogP contribution < -0.4 is 0 Å². The van der Waals surface area contributed by atoms with E-state index in [-0.39, 0.29) is 17.3 Å². The Hall–Kier alpha value is -0.610. The molecule has 0 aromatic carbocycles. The summed E-state index contributed by atoms with van der Waals surface area (Å²) in [5.41, 5.74) is -0.184. The summed E-state index contributed by atoms with van der Waals surface area (Å²) in [6, 6.07) is 0. The summed E-state index contributed by atoms with van der Waals surface area (Å²) in [4.78, 5) is 13.7. The van der Waals surface area contributed by atoms with E-state index in [1.807, 2.05) is 32.6 Å². The summed E-state index contributed by atoms with van der Waals surface area (Å²) in [7, 11) is 0. The molecule has 0 radical (unpaired) electrons. The number of carbonyl (C=O) groups is 1. The number of nitrogens with zero attached hydrogens (tertiary/aromatic N) is 1. The monoisotopic (exact) mass is 243 g/mol. The first kappa shape index (κ1) is 14.5. The molecule has 17 heavy (non-hydrogen) atoms. The van der Waals surface area contributed by atoms with Crippen molar-refractivity contribution in [2.45, 2.75) is 46.8 Å². The van der Waals surface area contributed by atoms with Crippen LogP contribution in [-0.4, -0.2) is 41.9 Å². The predicted molar refractivity (Wildman–Crippen MR) is 66.4 cm³/mol. The SMILES string of the molecule is CCOC(=O)C1CCCN(C(O)C(C)(C)C)C1. The molecule has 1 rings (SSSR count). The van der Waals surface area contributed by atoms with Gasteiger partial charge in [0.1, 0.15) is 6.23 Å². The Morgan fingerprint density at radius 2 is 2.18 bits per heavy atom. The number of carbonyl (C=O) groups excluding carboxylic acids is 1. The van der Waals surface area contributed by atoms with E-state index in [0.29, 0.717) is 13.2 Å². The molecule has 100 valence electrons. The molecular weight excluding hydrogens is 218 g/mol. The Bertz CT molecular complexity index is 260. The standard InChI is InChI=1S/C13H25NO3/c1-5-17-11(15)10-7-6-8-14(9-10)12(16)13(2,3)4/h10,12,16H,5-9H2,1-4H3. The summed E-state index contributed by atoms with van der Waals surface area (Å²) in [6.45, 7) is 9.73. The smallest absolute Gasteiger partial charge is 0.310 e. The van der Waals surface area contributed by atoms with Crippen LogP contribution in [-0.2, 0) is 9.53 Å². The molecule has 1 saturated heterocycles. The van der Waals surface area contributed by atoms with E-state index in [0.717, 1.165) is 19.4 Å². The van der Waals surface area contributed by atoms with Gasteiger partial charge in [-0.1, -0.05) is 20.8 Å². The summed E-state index contributed by atoms with van der Waals surface area (Å²) in [5, 5.41) is 10.2. The molecule has 1 aliphatic heterocycles. The Morgan fingerprint density at radius 1 is 1.53 bits per heavy atom. The van der Waals surface area contributed by atoms with Crippen LogP contribution in [0.15, 0.2) is 0 Å². The fourth-order valence-electron chi connectivity index (χ4n) is 2.23. The van der Waals surface area contributed by atoms with Gasteiger partial charge in [0.25, 0.3) is 0 Å². The highest BCUT2D eigenvalue weighted by Gasteiger charge is 2.34. The van der Waals surface area contributed by atoms with Crippen LogP contribution >= 0.6 is 0 Å². The summed E-state index contributed by atoms with van der Waals surface area (Å²) >= 11 is 0. The molecule has 2 atom stereocenters. The molecule has 1 aliphatic rings. The third-order valence-electron chi connectivity index (χ3n) is 3.19. The van der Waals surface area contributed by atoms with E-state index in [9.17, 15) is 9.90 Å². The van der Waals surface area contributed by atoms with Crippen LogP contribution in [0.1, 0.15) is 40.5 Å². The van der Waals surface area contributed by atoms with Crippen LogP contribution in [0.4, 0.5) is 0 Å². The number of aliphatic hydroxyl groups excluding tert-OH is 1. The fraction of sp³-hybridized carbons (Fsp3) is 0.923. The lowest BCUT2D eigenvalue weighted by atomic mass is 9.90. The van der Waals surface area contributed by atoms with Gasteiger partial charge >= 0.3 is 5.97 Å². The molecule has 0 aromatic rings. The number of piperidine rings is 1. The second-order valence-corrected chi connectivity index (χ2v) is 5.83. The van der Waals surface area contributed by atoms with E-state index in [1.165, 1.54) is 0 Å². The molecular formula is C13H25NO3. The number of hydrogen-bond acceptors (Lipinski definition) is 4. The fourth-order valence-corrected chi connectivity index (χ4v) is 2.23. The maximum atomic E-state index is 11.7. The van der Waals surface area contributed by atoms with E-state index < -0.39 is 6.23 Å². The lowest BCUT2D eigenvalue weighted by Crippen LogP contribution is -2.50. The Morgan fingerprint density at radius 3 is 2.71 bits per heavy atom. The van der Waals surface area contributed by atoms with Gasteiger partial charge in [-0.15, -0.1) is 0 Å². The van der Waals surface area contributed by atoms with Gasteiger partial charge in [0.05, 0.1) is 12.5 Å². The van der Waals surface area contributed by atoms with Crippen molar-refractivity contribution in [2.24, 2.45) is 11.3 Å². The molecule has 2 unspecified atom stereocenters. The topological polar surface area (TPSA) is 49.8 Å². The third kappa shape index (κ3) is 3.96. The average Bonchev–Trinajstić information content (AvgIpc) is 2.27. The van der Waals surface area contributed by atoms with E-state index >= 15 is 0 Å². The van der Waals surface area contributed by atoms with E-state index in [1.54, 1.807) is 0 Å². The van der Waals surface area contributed by atoms with Gasteiger partial charge in [0, 0.05) is 18.5 Å². The lowest BCUT2D eigenvalue weighted by molar-refractivity contribution is -0.153. The highest BCUT2D eigenvalue weighted by molar-refractivity contribution is 5.72. The molecule has 4 heteroatoms. The molecule has 1 fully saturated rings. The third-order valence-corrected chi connectivity index (χ3v) is 3.19. The number of esters is 1. The quantitative estimate of drug-likeness (QED) is 0.765. The van der Waals surface area contributed by atoms with Crippen LogP contribution in [0.2, 0.25) is 0 Å². The van der Waals surface area contributed by atoms with Gasteiger partial charge in [-0.05, 0) is 19.8 Å². The van der Waals surface area contributed by atoms with Gasteiger partial charge in [-0.2, -0.15) is 0 Å². The zero-order chi connectivity index (χ0) is 13.1. The van der Waals surface area contributed by atoms with Crippen molar-refractivity contribution in [3.8, 4) is 0 Å². The largest absolute Gasteiger partial charge is 0.466 e. The van der Waals surface area contributed by atoms with Crippen molar-refractivity contribution in [1.29, 1.82) is 0 Å². The molecule has 0 saturated carbocycles. The summed E-state index contributed by atoms with van der Waals surface area (Å²) < 4.78 is 5.05. The lowest BCUT2D eigenvalue weighted by Gasteiger charge is -2.40. The van der Waals surface area contributed by atoms with Crippen LogP contribution in [0.25, 0.3) is 0 Å². The van der Waals surface area contributed by atoms with Crippen molar-refractivity contribution in [3.05, 3.63) is 0 Å². The number of hydrogen-bond donors (Lipinski definition) is 1. The highest BCUT2D eigenvalue weighted by atomic mass is 16.5. The van der Waals surface area contributed by atoms with Crippen molar-refractivity contribution < 1.29 is 14.6 Å². The minimum Gasteiger partial charge on any atom is -0.466 e. The van der Waals surface area contributed by atoms with Crippen LogP contribution in [0, 0.1) is 11.3 Å². The first-order valence-corrected chi connectivity index (χ1v) is 6.45. The molecule has 0 spiro atoms. The van der Waals surface area contributed by atoms with Gasteiger partial charge in [0.2, 0.25) is 0 Å². The number of likely N-dealkylation sites (tertiary alicyclic amines) is 1.